The number of carbonyl (C=O) groups excluding carboxylic acids is 1. The molecule has 4 N–H and O–H groups in total. The van der Waals surface area contributed by atoms with Gasteiger partial charge in [-0.3, -0.25) is 9.48 Å². The first-order valence-electron chi connectivity index (χ1n) is 10.6. The zero-order chi connectivity index (χ0) is 22.9. The number of nitrogens with two attached hydrogens (primary N) is 1. The van der Waals surface area contributed by atoms with E-state index in [-0.39, 0.29) is 29.6 Å². The van der Waals surface area contributed by atoms with Crippen LogP contribution in [0.3, 0.4) is 0 Å². The Morgan fingerprint density at radius 3 is 2.82 bits per heavy atom. The molecule has 1 saturated heterocycles. The monoisotopic (exact) mass is 593 g/mol. The van der Waals surface area contributed by atoms with Crippen molar-refractivity contribution in [3.63, 3.8) is 0 Å². The van der Waals surface area contributed by atoms with Gasteiger partial charge in [0.05, 0.1) is 20.5 Å². The molecule has 4 aromatic rings. The lowest BCUT2D eigenvalue weighted by atomic mass is 10.0. The summed E-state index contributed by atoms with van der Waals surface area (Å²) in [6.45, 7) is 1.75. The average molecular weight is 594 g/mol. The second kappa shape index (κ2) is 10.2. The van der Waals surface area contributed by atoms with Crippen molar-refractivity contribution < 1.29 is 9.18 Å². The molecule has 34 heavy (non-hydrogen) atoms. The van der Waals surface area contributed by atoms with Crippen molar-refractivity contribution in [1.82, 2.24) is 25.1 Å². The number of rotatable bonds is 4. The molecule has 1 amide bonds. The number of nitrogen functional groups attached to an aromatic ring is 1. The van der Waals surface area contributed by atoms with Crippen LogP contribution in [0, 0.1) is 9.39 Å². The van der Waals surface area contributed by atoms with E-state index in [1.165, 1.54) is 6.07 Å². The summed E-state index contributed by atoms with van der Waals surface area (Å²) < 4.78 is 18.2. The summed E-state index contributed by atoms with van der Waals surface area (Å²) in [4.78, 5) is 20.9. The molecule has 0 spiro atoms. The van der Waals surface area contributed by atoms with Crippen LogP contribution in [0.2, 0.25) is 0 Å². The normalized spacial score (nSPS) is 15.6. The summed E-state index contributed by atoms with van der Waals surface area (Å²) in [5.41, 5.74) is 7.97. The van der Waals surface area contributed by atoms with E-state index in [4.69, 9.17) is 10.8 Å². The lowest BCUT2D eigenvalue weighted by Crippen LogP contribution is -2.32. The summed E-state index contributed by atoms with van der Waals surface area (Å²) in [6.07, 6.45) is 5.28. The Kier molecular flexibility index (Phi) is 7.29. The van der Waals surface area contributed by atoms with Gasteiger partial charge in [-0.1, -0.05) is 6.07 Å². The molecule has 4 heterocycles. The fourth-order valence-corrected chi connectivity index (χ4v) is 4.78. The van der Waals surface area contributed by atoms with Gasteiger partial charge in [0.25, 0.3) is 5.91 Å². The zero-order valence-corrected chi connectivity index (χ0v) is 20.9. The third kappa shape index (κ3) is 4.57. The number of fused-ring (bicyclic) bond motifs is 1. The number of hydrogen-bond acceptors (Lipinski definition) is 6. The minimum Gasteiger partial charge on any atom is -0.383 e. The zero-order valence-electron chi connectivity index (χ0n) is 18.0. The maximum atomic E-state index is 15.3. The first-order chi connectivity index (χ1) is 16.0. The fourth-order valence-electron chi connectivity index (χ4n) is 4.13. The van der Waals surface area contributed by atoms with Crippen LogP contribution in [0.1, 0.15) is 29.2 Å². The molecule has 1 atom stereocenters. The second-order valence-corrected chi connectivity index (χ2v) is 9.03. The molecule has 1 fully saturated rings. The van der Waals surface area contributed by atoms with E-state index < -0.39 is 11.7 Å². The number of piperidine rings is 1. The molecule has 1 aromatic carbocycles. The molecule has 176 valence electrons. The third-order valence-corrected chi connectivity index (χ3v) is 6.51. The molecule has 8 nitrogen and oxygen atoms in total. The number of hydrogen-bond donors (Lipinski definition) is 3. The van der Waals surface area contributed by atoms with Gasteiger partial charge in [-0.05, 0) is 72.3 Å². The van der Waals surface area contributed by atoms with E-state index in [2.05, 4.69) is 43.2 Å². The van der Waals surface area contributed by atoms with E-state index in [0.717, 1.165) is 35.0 Å². The molecule has 0 radical (unpaired) electrons. The molecule has 1 aliphatic rings. The predicted octanol–water partition coefficient (Wildman–Crippen LogP) is 4.42. The Bertz CT molecular complexity index is 1340. The maximum absolute atomic E-state index is 15.3. The van der Waals surface area contributed by atoms with Gasteiger partial charge in [-0.25, -0.2) is 14.4 Å². The quantitative estimate of drug-likeness (QED) is 0.302. The first kappa shape index (κ1) is 24.3. The van der Waals surface area contributed by atoms with Crippen molar-refractivity contribution in [2.24, 2.45) is 0 Å². The molecule has 1 aliphatic heterocycles. The van der Waals surface area contributed by atoms with Crippen LogP contribution in [0.15, 0.2) is 48.8 Å². The van der Waals surface area contributed by atoms with Crippen molar-refractivity contribution in [2.75, 3.05) is 24.1 Å². The van der Waals surface area contributed by atoms with Gasteiger partial charge in [0, 0.05) is 30.1 Å². The van der Waals surface area contributed by atoms with Crippen molar-refractivity contribution in [3.05, 3.63) is 63.7 Å². The van der Waals surface area contributed by atoms with Crippen LogP contribution in [0.5, 0.6) is 0 Å². The Hall–Kier alpha value is -2.83. The minimum atomic E-state index is -0.560. The van der Waals surface area contributed by atoms with Crippen molar-refractivity contribution in [2.45, 2.75) is 18.9 Å². The highest BCUT2D eigenvalue weighted by atomic mass is 127. The number of halogens is 3. The van der Waals surface area contributed by atoms with E-state index in [9.17, 15) is 4.79 Å². The van der Waals surface area contributed by atoms with Gasteiger partial charge in [-0.15, -0.1) is 12.4 Å². The van der Waals surface area contributed by atoms with Gasteiger partial charge < -0.3 is 16.4 Å². The standard InChI is InChI=1S/C23H21FIN7O.ClH/c24-16-10-13(23(33)30-18-5-1-2-9-28-18)6-7-15(16)20-19-21(17(25)12-29-22(19)26)32(31-20)14-4-3-8-27-11-14;/h1-2,5-7,9-10,12,14,27H,3-4,8,11H2,(H2,26,29)(H,28,30,33);1H/t14-;/m1./s1. The van der Waals surface area contributed by atoms with Crippen LogP contribution in [-0.2, 0) is 0 Å². The predicted molar refractivity (Wildman–Crippen MR) is 141 cm³/mol. The summed E-state index contributed by atoms with van der Waals surface area (Å²) in [6, 6.07) is 9.65. The lowest BCUT2D eigenvalue weighted by Gasteiger charge is -2.24. The summed E-state index contributed by atoms with van der Waals surface area (Å²) in [5, 5.41) is 11.5. The van der Waals surface area contributed by atoms with E-state index in [0.29, 0.717) is 22.7 Å². The van der Waals surface area contributed by atoms with Crippen LogP contribution in [0.4, 0.5) is 16.0 Å². The fraction of sp³-hybridized carbons (Fsp3) is 0.217. The van der Waals surface area contributed by atoms with Crippen molar-refractivity contribution >= 4 is 63.4 Å². The molecule has 0 saturated carbocycles. The van der Waals surface area contributed by atoms with E-state index >= 15 is 4.39 Å². The summed E-state index contributed by atoms with van der Waals surface area (Å²) in [7, 11) is 0. The van der Waals surface area contributed by atoms with Gasteiger partial charge in [0.1, 0.15) is 23.1 Å². The Morgan fingerprint density at radius 2 is 2.12 bits per heavy atom. The van der Waals surface area contributed by atoms with Gasteiger partial charge in [0.15, 0.2) is 0 Å². The number of aromatic nitrogens is 4. The molecule has 3 aromatic heterocycles. The summed E-state index contributed by atoms with van der Waals surface area (Å²) >= 11 is 2.21. The molecular weight excluding hydrogens is 572 g/mol. The SMILES string of the molecule is Cl.Nc1ncc(I)c2c1c(-c1ccc(C(=O)Nc3ccccn3)cc1F)nn2[C@@H]1CCCNC1. The minimum absolute atomic E-state index is 0. The highest BCUT2D eigenvalue weighted by Crippen LogP contribution is 2.37. The Labute approximate surface area is 215 Å². The number of pyridine rings is 2. The van der Waals surface area contributed by atoms with Gasteiger partial charge >= 0.3 is 0 Å². The third-order valence-electron chi connectivity index (χ3n) is 5.72. The molecule has 0 aliphatic carbocycles. The molecule has 11 heteroatoms. The molecular formula is C23H22ClFIN7O. The van der Waals surface area contributed by atoms with Gasteiger partial charge in [-0.2, -0.15) is 5.10 Å². The highest BCUT2D eigenvalue weighted by Gasteiger charge is 2.26. The maximum Gasteiger partial charge on any atom is 0.256 e. The number of anilines is 2. The topological polar surface area (TPSA) is 111 Å². The molecule has 0 unspecified atom stereocenters. The van der Waals surface area contributed by atoms with Crippen LogP contribution < -0.4 is 16.4 Å². The number of carbonyl (C=O) groups is 1. The van der Waals surface area contributed by atoms with Crippen molar-refractivity contribution in [1.29, 1.82) is 0 Å². The Balaban J connectivity index is 0.00000274. The first-order valence-corrected chi connectivity index (χ1v) is 11.7. The smallest absolute Gasteiger partial charge is 0.256 e. The van der Waals surface area contributed by atoms with E-state index in [1.54, 1.807) is 42.7 Å². The van der Waals surface area contributed by atoms with Crippen LogP contribution in [-0.4, -0.2) is 38.7 Å². The van der Waals surface area contributed by atoms with E-state index in [1.807, 2.05) is 4.68 Å². The van der Waals surface area contributed by atoms with Crippen LogP contribution in [0.25, 0.3) is 22.2 Å². The van der Waals surface area contributed by atoms with Gasteiger partial charge in [0.2, 0.25) is 0 Å². The number of nitrogens with zero attached hydrogens (tertiary/aromatic N) is 4. The highest BCUT2D eigenvalue weighted by molar-refractivity contribution is 14.1. The lowest BCUT2D eigenvalue weighted by molar-refractivity contribution is 0.102. The number of amides is 1. The van der Waals surface area contributed by atoms with Crippen LogP contribution >= 0.6 is 35.0 Å². The summed E-state index contributed by atoms with van der Waals surface area (Å²) in [5.74, 6) is -0.313. The molecule has 5 rings (SSSR count). The number of nitrogens with one attached hydrogen (secondary N) is 2. The average Bonchev–Trinajstić information content (AvgIpc) is 3.24. The second-order valence-electron chi connectivity index (χ2n) is 7.87. The number of benzene rings is 1. The largest absolute Gasteiger partial charge is 0.383 e. The Morgan fingerprint density at radius 1 is 1.26 bits per heavy atom. The van der Waals surface area contributed by atoms with Crippen molar-refractivity contribution in [3.8, 4) is 11.3 Å². The molecule has 0 bridgehead atoms.